The minimum absolute atomic E-state index is 0.0709. The Labute approximate surface area is 108 Å². The van der Waals surface area contributed by atoms with E-state index in [-0.39, 0.29) is 23.7 Å². The molecule has 2 N–H and O–H groups in total. The number of pyridine rings is 1. The van der Waals surface area contributed by atoms with Gasteiger partial charge >= 0.3 is 5.97 Å². The van der Waals surface area contributed by atoms with E-state index in [9.17, 15) is 9.59 Å². The van der Waals surface area contributed by atoms with Crippen LogP contribution in [0.4, 0.5) is 5.82 Å². The Balaban J connectivity index is 1.91. The highest BCUT2D eigenvalue weighted by molar-refractivity contribution is 5.92. The molecule has 0 radical (unpaired) electrons. The molecular weight excluding hydrogens is 250 g/mol. The van der Waals surface area contributed by atoms with Gasteiger partial charge in [-0.15, -0.1) is 0 Å². The summed E-state index contributed by atoms with van der Waals surface area (Å²) in [4.78, 5) is 30.0. The number of carbonyl (C=O) groups is 2. The van der Waals surface area contributed by atoms with Gasteiger partial charge in [0.1, 0.15) is 18.5 Å². The highest BCUT2D eigenvalue weighted by Crippen LogP contribution is 2.07. The zero-order valence-electron chi connectivity index (χ0n) is 9.85. The third-order valence-corrected chi connectivity index (χ3v) is 2.31. The maximum Gasteiger partial charge on any atom is 0.335 e. The molecule has 19 heavy (non-hydrogen) atoms. The minimum atomic E-state index is -1.07. The van der Waals surface area contributed by atoms with Gasteiger partial charge in [0.05, 0.1) is 12.1 Å². The largest absolute Gasteiger partial charge is 0.478 e. The molecule has 2 rings (SSSR count). The molecule has 0 saturated carbocycles. The monoisotopic (exact) mass is 261 g/mol. The first-order valence-corrected chi connectivity index (χ1v) is 5.47. The molecule has 2 aromatic heterocycles. The maximum atomic E-state index is 11.6. The zero-order chi connectivity index (χ0) is 13.7. The number of anilines is 1. The number of aromatic carboxylic acids is 1. The Morgan fingerprint density at radius 1 is 1.42 bits per heavy atom. The lowest BCUT2D eigenvalue weighted by Gasteiger charge is -2.05. The van der Waals surface area contributed by atoms with Crippen molar-refractivity contribution in [2.75, 3.05) is 5.32 Å². The zero-order valence-corrected chi connectivity index (χ0v) is 9.85. The van der Waals surface area contributed by atoms with E-state index in [0.29, 0.717) is 6.54 Å². The number of carbonyl (C=O) groups excluding carboxylic acids is 1. The van der Waals surface area contributed by atoms with Gasteiger partial charge in [-0.3, -0.25) is 9.48 Å². The standard InChI is InChI=1S/C11H11N5O3/c17-10(2-4-16-7-12-6-14-16)15-9-5-8(11(18)19)1-3-13-9/h1,3,5-7H,2,4H2,(H,18,19)(H,13,15,17). The number of carboxylic acid groups (broad SMARTS) is 1. The predicted molar refractivity (Wildman–Crippen MR) is 64.5 cm³/mol. The molecule has 2 aromatic rings. The number of amides is 1. The molecule has 1 amide bonds. The van der Waals surface area contributed by atoms with Crippen molar-refractivity contribution in [1.29, 1.82) is 0 Å². The molecule has 8 heteroatoms. The van der Waals surface area contributed by atoms with E-state index >= 15 is 0 Å². The van der Waals surface area contributed by atoms with Gasteiger partial charge in [-0.05, 0) is 12.1 Å². The van der Waals surface area contributed by atoms with Gasteiger partial charge in [0.15, 0.2) is 0 Å². The quantitative estimate of drug-likeness (QED) is 0.806. The van der Waals surface area contributed by atoms with Gasteiger partial charge in [-0.25, -0.2) is 14.8 Å². The average molecular weight is 261 g/mol. The summed E-state index contributed by atoms with van der Waals surface area (Å²) < 4.78 is 1.53. The van der Waals surface area contributed by atoms with Crippen LogP contribution in [0.1, 0.15) is 16.8 Å². The SMILES string of the molecule is O=C(CCn1cncn1)Nc1cc(C(=O)O)ccn1. The van der Waals surface area contributed by atoms with Crippen molar-refractivity contribution in [3.8, 4) is 0 Å². The Morgan fingerprint density at radius 3 is 2.95 bits per heavy atom. The molecule has 0 saturated heterocycles. The molecule has 0 atom stereocenters. The van der Waals surface area contributed by atoms with Crippen molar-refractivity contribution in [2.45, 2.75) is 13.0 Å². The van der Waals surface area contributed by atoms with Crippen molar-refractivity contribution in [3.05, 3.63) is 36.5 Å². The minimum Gasteiger partial charge on any atom is -0.478 e. The van der Waals surface area contributed by atoms with E-state index in [4.69, 9.17) is 5.11 Å². The second kappa shape index (κ2) is 5.71. The number of nitrogens with zero attached hydrogens (tertiary/aromatic N) is 4. The Hall–Kier alpha value is -2.77. The van der Waals surface area contributed by atoms with Crippen molar-refractivity contribution in [1.82, 2.24) is 19.7 Å². The summed E-state index contributed by atoms with van der Waals surface area (Å²) >= 11 is 0. The molecule has 0 spiro atoms. The fourth-order valence-electron chi connectivity index (χ4n) is 1.40. The molecule has 2 heterocycles. The summed E-state index contributed by atoms with van der Waals surface area (Å²) in [5.74, 6) is -1.13. The lowest BCUT2D eigenvalue weighted by atomic mass is 10.2. The first-order chi connectivity index (χ1) is 9.15. The summed E-state index contributed by atoms with van der Waals surface area (Å²) in [5.41, 5.74) is 0.0709. The second-order valence-electron chi connectivity index (χ2n) is 3.69. The van der Waals surface area contributed by atoms with Crippen LogP contribution in [0.25, 0.3) is 0 Å². The number of hydrogen-bond donors (Lipinski definition) is 2. The first-order valence-electron chi connectivity index (χ1n) is 5.47. The lowest BCUT2D eigenvalue weighted by molar-refractivity contribution is -0.116. The summed E-state index contributed by atoms with van der Waals surface area (Å²) in [6.45, 7) is 0.393. The van der Waals surface area contributed by atoms with Crippen LogP contribution >= 0.6 is 0 Å². The second-order valence-corrected chi connectivity index (χ2v) is 3.69. The Bertz CT molecular complexity index is 582. The average Bonchev–Trinajstić information content (AvgIpc) is 2.90. The molecule has 0 fully saturated rings. The van der Waals surface area contributed by atoms with E-state index in [1.165, 1.54) is 35.7 Å². The molecule has 0 aliphatic rings. The van der Waals surface area contributed by atoms with Gasteiger partial charge in [-0.1, -0.05) is 0 Å². The molecule has 0 unspecified atom stereocenters. The molecule has 0 aromatic carbocycles. The number of hydrogen-bond acceptors (Lipinski definition) is 5. The molecule has 98 valence electrons. The van der Waals surface area contributed by atoms with Crippen LogP contribution in [-0.4, -0.2) is 36.7 Å². The smallest absolute Gasteiger partial charge is 0.335 e. The van der Waals surface area contributed by atoms with E-state index in [1.54, 1.807) is 0 Å². The summed E-state index contributed by atoms with van der Waals surface area (Å²) in [7, 11) is 0. The van der Waals surface area contributed by atoms with E-state index in [2.05, 4.69) is 20.4 Å². The van der Waals surface area contributed by atoms with Crippen molar-refractivity contribution in [3.63, 3.8) is 0 Å². The van der Waals surface area contributed by atoms with Gasteiger partial charge in [0.25, 0.3) is 0 Å². The van der Waals surface area contributed by atoms with Crippen molar-refractivity contribution >= 4 is 17.7 Å². The molecule has 0 bridgehead atoms. The van der Waals surface area contributed by atoms with Crippen LogP contribution in [0.2, 0.25) is 0 Å². The van der Waals surface area contributed by atoms with Crippen LogP contribution in [0, 0.1) is 0 Å². The van der Waals surface area contributed by atoms with E-state index in [0.717, 1.165) is 0 Å². The fourth-order valence-corrected chi connectivity index (χ4v) is 1.40. The van der Waals surface area contributed by atoms with Crippen LogP contribution in [0.5, 0.6) is 0 Å². The fraction of sp³-hybridized carbons (Fsp3) is 0.182. The molecular formula is C11H11N5O3. The normalized spacial score (nSPS) is 10.1. The molecule has 8 nitrogen and oxygen atoms in total. The third kappa shape index (κ3) is 3.60. The number of aryl methyl sites for hydroxylation is 1. The van der Waals surface area contributed by atoms with Gasteiger partial charge in [-0.2, -0.15) is 5.10 Å². The predicted octanol–water partition coefficient (Wildman–Crippen LogP) is 0.400. The number of carboxylic acids is 1. The van der Waals surface area contributed by atoms with Crippen molar-refractivity contribution < 1.29 is 14.7 Å². The van der Waals surface area contributed by atoms with Crippen LogP contribution in [0.3, 0.4) is 0 Å². The third-order valence-electron chi connectivity index (χ3n) is 2.31. The summed E-state index contributed by atoms with van der Waals surface area (Å²) in [6, 6.07) is 2.66. The summed E-state index contributed by atoms with van der Waals surface area (Å²) in [6.07, 6.45) is 4.42. The van der Waals surface area contributed by atoms with Crippen LogP contribution in [-0.2, 0) is 11.3 Å². The van der Waals surface area contributed by atoms with Crippen molar-refractivity contribution in [2.24, 2.45) is 0 Å². The Kier molecular flexibility index (Phi) is 3.81. The first kappa shape index (κ1) is 12.7. The van der Waals surface area contributed by atoms with E-state index < -0.39 is 5.97 Å². The van der Waals surface area contributed by atoms with E-state index in [1.807, 2.05) is 0 Å². The number of nitrogens with one attached hydrogen (secondary N) is 1. The lowest BCUT2D eigenvalue weighted by Crippen LogP contribution is -2.16. The highest BCUT2D eigenvalue weighted by Gasteiger charge is 2.07. The number of aromatic nitrogens is 4. The maximum absolute atomic E-state index is 11.6. The van der Waals surface area contributed by atoms with Gasteiger partial charge in [0.2, 0.25) is 5.91 Å². The Morgan fingerprint density at radius 2 is 2.26 bits per heavy atom. The van der Waals surface area contributed by atoms with Gasteiger partial charge < -0.3 is 10.4 Å². The highest BCUT2D eigenvalue weighted by atomic mass is 16.4. The van der Waals surface area contributed by atoms with Gasteiger partial charge in [0, 0.05) is 12.6 Å². The summed E-state index contributed by atoms with van der Waals surface area (Å²) in [5, 5.41) is 15.2. The number of rotatable bonds is 5. The molecule has 0 aliphatic heterocycles. The topological polar surface area (TPSA) is 110 Å². The van der Waals surface area contributed by atoms with Crippen LogP contribution in [0.15, 0.2) is 31.0 Å². The molecule has 0 aliphatic carbocycles. The van der Waals surface area contributed by atoms with Crippen LogP contribution < -0.4 is 5.32 Å².